The van der Waals surface area contributed by atoms with Crippen LogP contribution in [0.1, 0.15) is 47.1 Å². The SMILES string of the molecule is C=CCOC(=O)NC[C@H](C)N(Cc1ccccc1)C(=O)NC[C@H](C)NC(=O)NC[C@H](C)NC(=O)OC(C)(C)C. The number of nitrogens with one attached hydrogen (secondary N) is 5. The molecule has 0 saturated carbocycles. The van der Waals surface area contributed by atoms with E-state index in [4.69, 9.17) is 9.47 Å². The Hall–Kier alpha value is -3.96. The first-order valence-corrected chi connectivity index (χ1v) is 12.9. The molecule has 1 aromatic carbocycles. The minimum Gasteiger partial charge on any atom is -0.445 e. The summed E-state index contributed by atoms with van der Waals surface area (Å²) in [6.45, 7) is 15.1. The summed E-state index contributed by atoms with van der Waals surface area (Å²) in [5.41, 5.74) is 0.310. The lowest BCUT2D eigenvalue weighted by atomic mass is 10.2. The second-order valence-corrected chi connectivity index (χ2v) is 10.2. The van der Waals surface area contributed by atoms with Crippen LogP contribution in [0.25, 0.3) is 0 Å². The second-order valence-electron chi connectivity index (χ2n) is 10.2. The highest BCUT2D eigenvalue weighted by Gasteiger charge is 2.22. The second kappa shape index (κ2) is 16.8. The molecule has 0 spiro atoms. The molecule has 0 unspecified atom stereocenters. The van der Waals surface area contributed by atoms with E-state index in [-0.39, 0.29) is 50.4 Å². The van der Waals surface area contributed by atoms with Crippen LogP contribution in [0.5, 0.6) is 0 Å². The third-order valence-corrected chi connectivity index (χ3v) is 5.13. The van der Waals surface area contributed by atoms with Gasteiger partial charge in [0.15, 0.2) is 0 Å². The van der Waals surface area contributed by atoms with Gasteiger partial charge in [0.2, 0.25) is 0 Å². The molecule has 12 heteroatoms. The number of ether oxygens (including phenoxy) is 2. The minimum absolute atomic E-state index is 0.0893. The zero-order valence-electron chi connectivity index (χ0n) is 23.8. The van der Waals surface area contributed by atoms with Crippen LogP contribution in [0.15, 0.2) is 43.0 Å². The van der Waals surface area contributed by atoms with Crippen molar-refractivity contribution in [2.75, 3.05) is 26.2 Å². The first-order valence-electron chi connectivity index (χ1n) is 12.9. The molecule has 1 rings (SSSR count). The van der Waals surface area contributed by atoms with E-state index >= 15 is 0 Å². The van der Waals surface area contributed by atoms with Gasteiger partial charge in [0, 0.05) is 44.3 Å². The molecule has 0 bridgehead atoms. The summed E-state index contributed by atoms with van der Waals surface area (Å²) in [7, 11) is 0. The quantitative estimate of drug-likeness (QED) is 0.239. The summed E-state index contributed by atoms with van der Waals surface area (Å²) < 4.78 is 10.1. The molecule has 3 atom stereocenters. The molecular formula is C27H44N6O6. The Bertz CT molecular complexity index is 936. The fraction of sp³-hybridized carbons (Fsp3) is 0.556. The molecule has 12 nitrogen and oxygen atoms in total. The zero-order chi connectivity index (χ0) is 29.4. The van der Waals surface area contributed by atoms with Crippen LogP contribution in [0, 0.1) is 0 Å². The van der Waals surface area contributed by atoms with E-state index in [1.54, 1.807) is 39.5 Å². The molecule has 39 heavy (non-hydrogen) atoms. The Morgan fingerprint density at radius 3 is 2.13 bits per heavy atom. The highest BCUT2D eigenvalue weighted by atomic mass is 16.6. The fourth-order valence-corrected chi connectivity index (χ4v) is 3.21. The Morgan fingerprint density at radius 1 is 0.897 bits per heavy atom. The third kappa shape index (κ3) is 15.1. The first-order chi connectivity index (χ1) is 18.3. The molecule has 218 valence electrons. The van der Waals surface area contributed by atoms with Gasteiger partial charge < -0.3 is 41.0 Å². The molecule has 1 aromatic rings. The molecule has 6 amide bonds. The normalized spacial score (nSPS) is 13.1. The lowest BCUT2D eigenvalue weighted by Gasteiger charge is -2.30. The Morgan fingerprint density at radius 2 is 1.51 bits per heavy atom. The van der Waals surface area contributed by atoms with Crippen molar-refractivity contribution in [3.05, 3.63) is 48.6 Å². The van der Waals surface area contributed by atoms with Crippen molar-refractivity contribution in [2.24, 2.45) is 0 Å². The first kappa shape index (κ1) is 33.1. The Balaban J connectivity index is 2.57. The standard InChI is InChI=1S/C27H44N6O6/c1-8-14-38-25(36)30-17-21(4)33(18-22-12-10-9-11-13-22)24(35)29-16-19(2)31-23(34)28-15-20(3)32-26(37)39-27(5,6)7/h8-13,19-21H,1,14-18H2,2-7H3,(H,29,35)(H,30,36)(H,32,37)(H2,28,31,34)/t19-,20-,21-/m0/s1. The lowest BCUT2D eigenvalue weighted by molar-refractivity contribution is 0.0508. The molecule has 0 radical (unpaired) electrons. The number of amides is 6. The van der Waals surface area contributed by atoms with Gasteiger partial charge in [0.05, 0.1) is 0 Å². The number of benzene rings is 1. The summed E-state index contributed by atoms with van der Waals surface area (Å²) >= 11 is 0. The maximum absolute atomic E-state index is 13.1. The van der Waals surface area contributed by atoms with Crippen molar-refractivity contribution >= 4 is 24.2 Å². The van der Waals surface area contributed by atoms with Gasteiger partial charge in [-0.1, -0.05) is 43.0 Å². The molecule has 0 aromatic heterocycles. The smallest absolute Gasteiger partial charge is 0.407 e. The summed E-state index contributed by atoms with van der Waals surface area (Å²) in [5, 5.41) is 13.6. The maximum Gasteiger partial charge on any atom is 0.407 e. The molecule has 0 aliphatic carbocycles. The van der Waals surface area contributed by atoms with Crippen molar-refractivity contribution in [3.8, 4) is 0 Å². The van der Waals surface area contributed by atoms with Crippen LogP contribution < -0.4 is 26.6 Å². The van der Waals surface area contributed by atoms with Crippen LogP contribution in [-0.4, -0.2) is 79.1 Å². The van der Waals surface area contributed by atoms with Crippen molar-refractivity contribution < 1.29 is 28.7 Å². The molecule has 0 heterocycles. The number of hydrogen-bond acceptors (Lipinski definition) is 6. The van der Waals surface area contributed by atoms with E-state index in [9.17, 15) is 19.2 Å². The highest BCUT2D eigenvalue weighted by molar-refractivity contribution is 5.76. The van der Waals surface area contributed by atoms with E-state index in [0.717, 1.165) is 5.56 Å². The van der Waals surface area contributed by atoms with Crippen LogP contribution in [-0.2, 0) is 16.0 Å². The average Bonchev–Trinajstić information content (AvgIpc) is 2.86. The van der Waals surface area contributed by atoms with Crippen molar-refractivity contribution in [3.63, 3.8) is 0 Å². The van der Waals surface area contributed by atoms with Gasteiger partial charge in [0.1, 0.15) is 12.2 Å². The monoisotopic (exact) mass is 548 g/mol. The van der Waals surface area contributed by atoms with Gasteiger partial charge in [-0.2, -0.15) is 0 Å². The maximum atomic E-state index is 13.1. The summed E-state index contributed by atoms with van der Waals surface area (Å²) in [5.74, 6) is 0. The molecule has 0 saturated heterocycles. The number of hydrogen-bond donors (Lipinski definition) is 5. The Kier molecular flexibility index (Phi) is 14.2. The van der Waals surface area contributed by atoms with Gasteiger partial charge in [-0.05, 0) is 47.1 Å². The van der Waals surface area contributed by atoms with Crippen LogP contribution in [0.3, 0.4) is 0 Å². The van der Waals surface area contributed by atoms with Crippen molar-refractivity contribution in [1.29, 1.82) is 0 Å². The molecular weight excluding hydrogens is 504 g/mol. The fourth-order valence-electron chi connectivity index (χ4n) is 3.21. The van der Waals surface area contributed by atoms with E-state index in [0.29, 0.717) is 6.54 Å². The lowest BCUT2D eigenvalue weighted by Crippen LogP contribution is -2.53. The average molecular weight is 549 g/mol. The summed E-state index contributed by atoms with van der Waals surface area (Å²) in [6.07, 6.45) is 0.308. The van der Waals surface area contributed by atoms with Gasteiger partial charge >= 0.3 is 24.2 Å². The number of rotatable bonds is 13. The van der Waals surface area contributed by atoms with E-state index in [2.05, 4.69) is 33.2 Å². The molecule has 5 N–H and O–H groups in total. The number of carbonyl (C=O) groups is 4. The number of urea groups is 2. The third-order valence-electron chi connectivity index (χ3n) is 5.13. The van der Waals surface area contributed by atoms with Crippen molar-refractivity contribution in [2.45, 2.75) is 71.8 Å². The predicted octanol–water partition coefficient (Wildman–Crippen LogP) is 3.10. The Labute approximate surface area is 231 Å². The van der Waals surface area contributed by atoms with Gasteiger partial charge in [-0.15, -0.1) is 0 Å². The predicted molar refractivity (Wildman–Crippen MR) is 149 cm³/mol. The number of alkyl carbamates (subject to hydrolysis) is 2. The van der Waals surface area contributed by atoms with E-state index in [1.807, 2.05) is 37.3 Å². The minimum atomic E-state index is -0.614. The van der Waals surface area contributed by atoms with Gasteiger partial charge in [-0.25, -0.2) is 19.2 Å². The number of carbonyl (C=O) groups excluding carboxylic acids is 4. The number of nitrogens with zero attached hydrogens (tertiary/aromatic N) is 1. The van der Waals surface area contributed by atoms with Gasteiger partial charge in [0.25, 0.3) is 0 Å². The van der Waals surface area contributed by atoms with Crippen LogP contribution in [0.2, 0.25) is 0 Å². The molecule has 0 aliphatic heterocycles. The zero-order valence-corrected chi connectivity index (χ0v) is 23.8. The van der Waals surface area contributed by atoms with E-state index in [1.165, 1.54) is 6.08 Å². The summed E-state index contributed by atoms with van der Waals surface area (Å²) in [6, 6.07) is 7.60. The van der Waals surface area contributed by atoms with E-state index < -0.39 is 23.8 Å². The molecule has 0 fully saturated rings. The topological polar surface area (TPSA) is 150 Å². The van der Waals surface area contributed by atoms with Crippen LogP contribution in [0.4, 0.5) is 19.2 Å². The highest BCUT2D eigenvalue weighted by Crippen LogP contribution is 2.09. The largest absolute Gasteiger partial charge is 0.445 e. The van der Waals surface area contributed by atoms with Crippen molar-refractivity contribution in [1.82, 2.24) is 31.5 Å². The molecule has 0 aliphatic rings. The van der Waals surface area contributed by atoms with Crippen LogP contribution >= 0.6 is 0 Å². The van der Waals surface area contributed by atoms with Gasteiger partial charge in [-0.3, -0.25) is 0 Å². The summed E-state index contributed by atoms with van der Waals surface area (Å²) in [4.78, 5) is 50.6.